The molecule has 0 radical (unpaired) electrons. The Hall–Kier alpha value is -2.93. The molecule has 7 heteroatoms. The number of nitrogens with one attached hydrogen (secondary N) is 1. The van der Waals surface area contributed by atoms with Crippen molar-refractivity contribution in [2.24, 2.45) is 0 Å². The van der Waals surface area contributed by atoms with Gasteiger partial charge in [-0.05, 0) is 35.4 Å². The minimum absolute atomic E-state index is 0.0902. The number of piperazine rings is 1. The van der Waals surface area contributed by atoms with Crippen LogP contribution in [0.15, 0.2) is 42.5 Å². The summed E-state index contributed by atoms with van der Waals surface area (Å²) in [6, 6.07) is 12.3. The molecule has 1 aliphatic heterocycles. The number of benzene rings is 2. The van der Waals surface area contributed by atoms with E-state index in [0.29, 0.717) is 26.1 Å². The third kappa shape index (κ3) is 5.77. The lowest BCUT2D eigenvalue weighted by Crippen LogP contribution is -2.48. The van der Waals surface area contributed by atoms with Crippen molar-refractivity contribution in [1.29, 1.82) is 0 Å². The van der Waals surface area contributed by atoms with Gasteiger partial charge in [-0.3, -0.25) is 14.5 Å². The molecule has 2 aromatic rings. The quantitative estimate of drug-likeness (QED) is 0.811. The number of carbonyl (C=O) groups excluding carboxylic acids is 2. The van der Waals surface area contributed by atoms with Crippen molar-refractivity contribution in [3.63, 3.8) is 0 Å². The van der Waals surface area contributed by atoms with Gasteiger partial charge >= 0.3 is 0 Å². The average molecular weight is 399 g/mol. The predicted octanol–water partition coefficient (Wildman–Crippen LogP) is 2.68. The molecule has 1 heterocycles. The normalized spacial score (nSPS) is 14.5. The first-order valence-corrected chi connectivity index (χ1v) is 9.63. The summed E-state index contributed by atoms with van der Waals surface area (Å²) >= 11 is 0. The van der Waals surface area contributed by atoms with Gasteiger partial charge < -0.3 is 15.0 Å². The van der Waals surface area contributed by atoms with E-state index >= 15 is 0 Å². The number of anilines is 1. The molecule has 0 unspecified atom stereocenters. The summed E-state index contributed by atoms with van der Waals surface area (Å²) < 4.78 is 18.8. The molecule has 0 spiro atoms. The Balaban J connectivity index is 1.48. The Morgan fingerprint density at radius 1 is 1.03 bits per heavy atom. The minimum atomic E-state index is -0.358. The first-order chi connectivity index (χ1) is 13.9. The van der Waals surface area contributed by atoms with Crippen molar-refractivity contribution in [2.45, 2.75) is 19.9 Å². The minimum Gasteiger partial charge on any atom is -0.494 e. The van der Waals surface area contributed by atoms with Crippen LogP contribution >= 0.6 is 0 Å². The first kappa shape index (κ1) is 20.8. The highest BCUT2D eigenvalue weighted by Gasteiger charge is 2.21. The van der Waals surface area contributed by atoms with Crippen molar-refractivity contribution < 1.29 is 18.7 Å². The molecule has 0 bridgehead atoms. The van der Waals surface area contributed by atoms with E-state index in [2.05, 4.69) is 10.2 Å². The molecule has 0 saturated carbocycles. The summed E-state index contributed by atoms with van der Waals surface area (Å²) in [5.41, 5.74) is 2.53. The van der Waals surface area contributed by atoms with Crippen LogP contribution in [0.25, 0.3) is 0 Å². The van der Waals surface area contributed by atoms with E-state index in [1.807, 2.05) is 23.1 Å². The van der Waals surface area contributed by atoms with Gasteiger partial charge in [0, 0.05) is 45.3 Å². The summed E-state index contributed by atoms with van der Waals surface area (Å²) in [5, 5.41) is 2.71. The maximum atomic E-state index is 13.8. The Morgan fingerprint density at radius 2 is 1.69 bits per heavy atom. The first-order valence-electron chi connectivity index (χ1n) is 9.63. The van der Waals surface area contributed by atoms with Crippen molar-refractivity contribution in [2.75, 3.05) is 38.6 Å². The van der Waals surface area contributed by atoms with Crippen LogP contribution in [0.1, 0.15) is 18.1 Å². The number of nitrogens with zero attached hydrogens (tertiary/aromatic N) is 2. The van der Waals surface area contributed by atoms with E-state index in [4.69, 9.17) is 4.74 Å². The number of halogens is 1. The molecule has 29 heavy (non-hydrogen) atoms. The Kier molecular flexibility index (Phi) is 6.82. The largest absolute Gasteiger partial charge is 0.494 e. The highest BCUT2D eigenvalue weighted by molar-refractivity contribution is 5.88. The standard InChI is InChI=1S/C22H26FN3O3/c1-16(27)24-19-6-3-17(4-7-19)14-22(28)26-11-9-25(10-12-26)15-18-5-8-21(29-2)20(23)13-18/h3-8,13H,9-12,14-15H2,1-2H3,(H,24,27). The molecule has 1 N–H and O–H groups in total. The van der Waals surface area contributed by atoms with Crippen molar-refractivity contribution >= 4 is 17.5 Å². The molecule has 2 aromatic carbocycles. The van der Waals surface area contributed by atoms with Crippen molar-refractivity contribution in [3.8, 4) is 5.75 Å². The monoisotopic (exact) mass is 399 g/mol. The van der Waals surface area contributed by atoms with Crippen LogP contribution in [0.3, 0.4) is 0 Å². The molecule has 0 aromatic heterocycles. The molecule has 1 aliphatic rings. The molecule has 6 nitrogen and oxygen atoms in total. The van der Waals surface area contributed by atoms with Crippen molar-refractivity contribution in [1.82, 2.24) is 9.80 Å². The topological polar surface area (TPSA) is 61.9 Å². The van der Waals surface area contributed by atoms with E-state index in [1.165, 1.54) is 20.1 Å². The highest BCUT2D eigenvalue weighted by atomic mass is 19.1. The number of methoxy groups -OCH3 is 1. The van der Waals surface area contributed by atoms with Gasteiger partial charge in [-0.25, -0.2) is 4.39 Å². The van der Waals surface area contributed by atoms with E-state index in [1.54, 1.807) is 18.2 Å². The fraction of sp³-hybridized carbons (Fsp3) is 0.364. The Bertz CT molecular complexity index is 862. The van der Waals surface area contributed by atoms with Crippen LogP contribution in [0.2, 0.25) is 0 Å². The number of ether oxygens (including phenoxy) is 1. The zero-order valence-electron chi connectivity index (χ0n) is 16.8. The molecular weight excluding hydrogens is 373 g/mol. The summed E-state index contributed by atoms with van der Waals surface area (Å²) in [6.07, 6.45) is 0.337. The number of rotatable bonds is 6. The second-order valence-electron chi connectivity index (χ2n) is 7.18. The fourth-order valence-electron chi connectivity index (χ4n) is 3.42. The summed E-state index contributed by atoms with van der Waals surface area (Å²) in [6.45, 7) is 4.92. The molecule has 2 amide bonds. The highest BCUT2D eigenvalue weighted by Crippen LogP contribution is 2.19. The molecule has 0 atom stereocenters. The predicted molar refractivity (Wildman–Crippen MR) is 109 cm³/mol. The third-order valence-electron chi connectivity index (χ3n) is 4.98. The number of carbonyl (C=O) groups is 2. The van der Waals surface area contributed by atoms with Gasteiger partial charge in [-0.15, -0.1) is 0 Å². The van der Waals surface area contributed by atoms with E-state index < -0.39 is 0 Å². The average Bonchev–Trinajstić information content (AvgIpc) is 2.70. The Morgan fingerprint density at radius 3 is 2.28 bits per heavy atom. The van der Waals surface area contributed by atoms with Gasteiger partial charge in [-0.1, -0.05) is 18.2 Å². The van der Waals surface area contributed by atoms with Gasteiger partial charge in [0.25, 0.3) is 0 Å². The summed E-state index contributed by atoms with van der Waals surface area (Å²) in [4.78, 5) is 27.7. The number of hydrogen-bond acceptors (Lipinski definition) is 4. The molecule has 3 rings (SSSR count). The summed E-state index contributed by atoms with van der Waals surface area (Å²) in [5.74, 6) is -0.144. The molecule has 1 saturated heterocycles. The van der Waals surface area contributed by atoms with Gasteiger partial charge in [0.1, 0.15) is 0 Å². The van der Waals surface area contributed by atoms with Crippen LogP contribution in [0.5, 0.6) is 5.75 Å². The number of amides is 2. The molecule has 1 fully saturated rings. The maximum Gasteiger partial charge on any atom is 0.227 e. The van der Waals surface area contributed by atoms with Crippen LogP contribution in [0.4, 0.5) is 10.1 Å². The van der Waals surface area contributed by atoms with Crippen LogP contribution in [-0.2, 0) is 22.6 Å². The van der Waals surface area contributed by atoms with Gasteiger partial charge in [-0.2, -0.15) is 0 Å². The third-order valence-corrected chi connectivity index (χ3v) is 4.98. The van der Waals surface area contributed by atoms with E-state index in [-0.39, 0.29) is 23.4 Å². The zero-order chi connectivity index (χ0) is 20.8. The van der Waals surface area contributed by atoms with Crippen molar-refractivity contribution in [3.05, 3.63) is 59.4 Å². The summed E-state index contributed by atoms with van der Waals surface area (Å²) in [7, 11) is 1.45. The van der Waals surface area contributed by atoms with Crippen LogP contribution < -0.4 is 10.1 Å². The van der Waals surface area contributed by atoms with E-state index in [9.17, 15) is 14.0 Å². The Labute approximate surface area is 170 Å². The second kappa shape index (κ2) is 9.52. The molecule has 154 valence electrons. The van der Waals surface area contributed by atoms with Gasteiger partial charge in [0.05, 0.1) is 13.5 Å². The zero-order valence-corrected chi connectivity index (χ0v) is 16.8. The SMILES string of the molecule is COc1ccc(CN2CCN(C(=O)Cc3ccc(NC(C)=O)cc3)CC2)cc1F. The van der Waals surface area contributed by atoms with Gasteiger partial charge in [0.15, 0.2) is 11.6 Å². The smallest absolute Gasteiger partial charge is 0.227 e. The fourth-order valence-corrected chi connectivity index (χ4v) is 3.42. The van der Waals surface area contributed by atoms with Gasteiger partial charge in [0.2, 0.25) is 11.8 Å². The molecular formula is C22H26FN3O3. The second-order valence-corrected chi connectivity index (χ2v) is 7.18. The van der Waals surface area contributed by atoms with Crippen LogP contribution in [-0.4, -0.2) is 54.9 Å². The van der Waals surface area contributed by atoms with E-state index in [0.717, 1.165) is 29.9 Å². The molecule has 0 aliphatic carbocycles. The number of hydrogen-bond donors (Lipinski definition) is 1. The lowest BCUT2D eigenvalue weighted by molar-refractivity contribution is -0.132. The van der Waals surface area contributed by atoms with Crippen LogP contribution in [0, 0.1) is 5.82 Å². The lowest BCUT2D eigenvalue weighted by Gasteiger charge is -2.35. The lowest BCUT2D eigenvalue weighted by atomic mass is 10.1. The maximum absolute atomic E-state index is 13.8.